The summed E-state index contributed by atoms with van der Waals surface area (Å²) >= 11 is 0. The second kappa shape index (κ2) is 7.68. The van der Waals surface area contributed by atoms with Gasteiger partial charge in [0.05, 0.1) is 0 Å². The van der Waals surface area contributed by atoms with Gasteiger partial charge in [-0.15, -0.1) is 12.4 Å². The zero-order chi connectivity index (χ0) is 12.0. The first-order valence-corrected chi connectivity index (χ1v) is 5.08. The number of carboxylic acids is 1. The molecule has 0 atom stereocenters. The molecule has 1 N–H and O–H groups in total. The van der Waals surface area contributed by atoms with Crippen molar-refractivity contribution >= 4 is 24.1 Å². The highest BCUT2D eigenvalue weighted by Gasteiger charge is 2.14. The van der Waals surface area contributed by atoms with Crippen molar-refractivity contribution in [1.29, 1.82) is 0 Å². The van der Waals surface area contributed by atoms with Crippen LogP contribution >= 0.6 is 12.4 Å². The molecule has 17 heavy (non-hydrogen) atoms. The van der Waals surface area contributed by atoms with E-state index in [4.69, 9.17) is 9.94 Å². The summed E-state index contributed by atoms with van der Waals surface area (Å²) in [6.07, 6.45) is 0. The standard InChI is InChI=1S/C12H15NO3.ClH/c1-9(2)11(12(14)15)13-16-8-10-6-4-3-5-7-10;/h3-7,9H,8H2,1-2H3,(H,14,15);1H. The minimum atomic E-state index is -1.04. The summed E-state index contributed by atoms with van der Waals surface area (Å²) in [7, 11) is 0. The van der Waals surface area contributed by atoms with Crippen molar-refractivity contribution in [1.82, 2.24) is 0 Å². The van der Waals surface area contributed by atoms with Crippen LogP contribution in [-0.4, -0.2) is 16.8 Å². The van der Waals surface area contributed by atoms with Crippen LogP contribution in [-0.2, 0) is 16.2 Å². The summed E-state index contributed by atoms with van der Waals surface area (Å²) in [5.41, 5.74) is 0.996. The molecule has 0 aliphatic carbocycles. The van der Waals surface area contributed by atoms with Crippen LogP contribution in [0.3, 0.4) is 0 Å². The lowest BCUT2D eigenvalue weighted by atomic mass is 10.1. The van der Waals surface area contributed by atoms with Gasteiger partial charge in [0.1, 0.15) is 6.61 Å². The SMILES string of the molecule is CC(C)C(=NOCc1ccccc1)C(=O)O.Cl. The van der Waals surface area contributed by atoms with Gasteiger partial charge in [0.15, 0.2) is 5.71 Å². The third-order valence-corrected chi connectivity index (χ3v) is 2.00. The van der Waals surface area contributed by atoms with Gasteiger partial charge in [0.2, 0.25) is 0 Å². The molecule has 0 aliphatic heterocycles. The molecule has 5 heteroatoms. The number of rotatable bonds is 5. The quantitative estimate of drug-likeness (QED) is 0.652. The molecule has 94 valence electrons. The van der Waals surface area contributed by atoms with Crippen molar-refractivity contribution in [2.24, 2.45) is 11.1 Å². The first kappa shape index (κ1) is 15.4. The number of oxime groups is 1. The van der Waals surface area contributed by atoms with E-state index in [0.717, 1.165) is 5.56 Å². The Morgan fingerprint density at radius 3 is 2.41 bits per heavy atom. The molecule has 1 rings (SSSR count). The highest BCUT2D eigenvalue weighted by atomic mass is 35.5. The zero-order valence-electron chi connectivity index (χ0n) is 9.79. The highest BCUT2D eigenvalue weighted by molar-refractivity contribution is 6.36. The molecule has 4 nitrogen and oxygen atoms in total. The van der Waals surface area contributed by atoms with E-state index in [2.05, 4.69) is 5.16 Å². The van der Waals surface area contributed by atoms with E-state index < -0.39 is 5.97 Å². The van der Waals surface area contributed by atoms with E-state index in [-0.39, 0.29) is 30.6 Å². The summed E-state index contributed by atoms with van der Waals surface area (Å²) in [5.74, 6) is -1.20. The minimum absolute atomic E-state index is 0. The Hall–Kier alpha value is -1.55. The van der Waals surface area contributed by atoms with Gasteiger partial charge in [-0.05, 0) is 5.56 Å². The maximum atomic E-state index is 10.8. The summed E-state index contributed by atoms with van der Waals surface area (Å²) in [6.45, 7) is 3.81. The molecule has 0 saturated carbocycles. The van der Waals surface area contributed by atoms with Crippen LogP contribution in [0.5, 0.6) is 0 Å². The lowest BCUT2D eigenvalue weighted by Gasteiger charge is -2.05. The van der Waals surface area contributed by atoms with E-state index in [0.29, 0.717) is 0 Å². The largest absolute Gasteiger partial charge is 0.477 e. The molecule has 0 aliphatic rings. The molecule has 0 fully saturated rings. The van der Waals surface area contributed by atoms with Crippen molar-refractivity contribution in [3.05, 3.63) is 35.9 Å². The summed E-state index contributed by atoms with van der Waals surface area (Å²) in [5, 5.41) is 12.5. The number of aliphatic carboxylic acids is 1. The summed E-state index contributed by atoms with van der Waals surface area (Å²) in [4.78, 5) is 15.8. The van der Waals surface area contributed by atoms with Crippen molar-refractivity contribution in [2.75, 3.05) is 0 Å². The van der Waals surface area contributed by atoms with Gasteiger partial charge < -0.3 is 9.94 Å². The van der Waals surface area contributed by atoms with E-state index in [9.17, 15) is 4.79 Å². The third-order valence-electron chi connectivity index (χ3n) is 2.00. The fourth-order valence-corrected chi connectivity index (χ4v) is 1.14. The molecule has 0 saturated heterocycles. The van der Waals surface area contributed by atoms with Crippen LogP contribution in [0.15, 0.2) is 35.5 Å². The number of benzene rings is 1. The van der Waals surface area contributed by atoms with Crippen molar-refractivity contribution in [3.63, 3.8) is 0 Å². The monoisotopic (exact) mass is 257 g/mol. The predicted molar refractivity (Wildman–Crippen MR) is 68.4 cm³/mol. The Morgan fingerprint density at radius 2 is 1.94 bits per heavy atom. The van der Waals surface area contributed by atoms with Crippen molar-refractivity contribution in [2.45, 2.75) is 20.5 Å². The molecule has 0 heterocycles. The number of hydrogen-bond acceptors (Lipinski definition) is 3. The van der Waals surface area contributed by atoms with Crippen molar-refractivity contribution in [3.8, 4) is 0 Å². The van der Waals surface area contributed by atoms with Gasteiger partial charge in [0.25, 0.3) is 0 Å². The van der Waals surface area contributed by atoms with Crippen molar-refractivity contribution < 1.29 is 14.7 Å². The summed E-state index contributed by atoms with van der Waals surface area (Å²) in [6, 6.07) is 9.48. The van der Waals surface area contributed by atoms with E-state index in [1.165, 1.54) is 0 Å². The normalized spacial score (nSPS) is 10.9. The van der Waals surface area contributed by atoms with E-state index in [1.54, 1.807) is 13.8 Å². The average Bonchev–Trinajstić information content (AvgIpc) is 2.24. The molecular weight excluding hydrogens is 242 g/mol. The number of nitrogens with zero attached hydrogens (tertiary/aromatic N) is 1. The lowest BCUT2D eigenvalue weighted by Crippen LogP contribution is -2.19. The van der Waals surface area contributed by atoms with Gasteiger partial charge in [-0.25, -0.2) is 4.79 Å². The van der Waals surface area contributed by atoms with Crippen LogP contribution in [0.25, 0.3) is 0 Å². The first-order valence-electron chi connectivity index (χ1n) is 5.08. The van der Waals surface area contributed by atoms with Gasteiger partial charge in [-0.1, -0.05) is 49.3 Å². The first-order chi connectivity index (χ1) is 7.61. The van der Waals surface area contributed by atoms with Gasteiger partial charge >= 0.3 is 5.97 Å². The molecule has 0 aromatic heterocycles. The fraction of sp³-hybridized carbons (Fsp3) is 0.333. The fourth-order valence-electron chi connectivity index (χ4n) is 1.14. The Morgan fingerprint density at radius 1 is 1.35 bits per heavy atom. The van der Waals surface area contributed by atoms with Crippen LogP contribution in [0.1, 0.15) is 19.4 Å². The maximum absolute atomic E-state index is 10.8. The molecule has 0 unspecified atom stereocenters. The van der Waals surface area contributed by atoms with Crippen LogP contribution in [0.2, 0.25) is 0 Å². The van der Waals surface area contributed by atoms with Crippen LogP contribution < -0.4 is 0 Å². The maximum Gasteiger partial charge on any atom is 0.353 e. The second-order valence-electron chi connectivity index (χ2n) is 3.70. The summed E-state index contributed by atoms with van der Waals surface area (Å²) < 4.78 is 0. The molecule has 0 radical (unpaired) electrons. The topological polar surface area (TPSA) is 58.9 Å². The number of halogens is 1. The molecule has 1 aromatic rings. The zero-order valence-corrected chi connectivity index (χ0v) is 10.6. The van der Waals surface area contributed by atoms with Gasteiger partial charge in [0, 0.05) is 5.92 Å². The smallest absolute Gasteiger partial charge is 0.353 e. The Labute approximate surface area is 107 Å². The van der Waals surface area contributed by atoms with Gasteiger partial charge in [-0.3, -0.25) is 0 Å². The highest BCUT2D eigenvalue weighted by Crippen LogP contribution is 2.03. The molecule has 0 spiro atoms. The Bertz CT molecular complexity index is 377. The average molecular weight is 258 g/mol. The Kier molecular flexibility index (Phi) is 6.98. The predicted octanol–water partition coefficient (Wildman–Crippen LogP) is 2.72. The second-order valence-corrected chi connectivity index (χ2v) is 3.70. The number of hydrogen-bond donors (Lipinski definition) is 1. The lowest BCUT2D eigenvalue weighted by molar-refractivity contribution is -0.129. The van der Waals surface area contributed by atoms with E-state index in [1.807, 2.05) is 30.3 Å². The van der Waals surface area contributed by atoms with Gasteiger partial charge in [-0.2, -0.15) is 0 Å². The molecule has 0 amide bonds. The number of carbonyl (C=O) groups is 1. The number of carboxylic acid groups (broad SMARTS) is 1. The van der Waals surface area contributed by atoms with Crippen LogP contribution in [0, 0.1) is 5.92 Å². The minimum Gasteiger partial charge on any atom is -0.477 e. The van der Waals surface area contributed by atoms with E-state index >= 15 is 0 Å². The Balaban J connectivity index is 0.00000256. The molecule has 0 bridgehead atoms. The van der Waals surface area contributed by atoms with Crippen LogP contribution in [0.4, 0.5) is 0 Å². The molecule has 1 aromatic carbocycles. The molecular formula is C12H16ClNO3. The third kappa shape index (κ3) is 5.36.